The van der Waals surface area contributed by atoms with Crippen LogP contribution >= 0.6 is 0 Å². The van der Waals surface area contributed by atoms with E-state index in [0.717, 1.165) is 5.69 Å². The number of rotatable bonds is 2. The number of aliphatic imine (C=N–C) groups is 1. The molecule has 0 aromatic heterocycles. The molecule has 66 valence electrons. The van der Waals surface area contributed by atoms with Gasteiger partial charge in [-0.05, 0) is 18.2 Å². The lowest BCUT2D eigenvalue weighted by Crippen LogP contribution is -2.25. The molecule has 13 heavy (non-hydrogen) atoms. The van der Waals surface area contributed by atoms with Crippen molar-refractivity contribution in [3.63, 3.8) is 0 Å². The quantitative estimate of drug-likeness (QED) is 0.739. The molecule has 1 aromatic rings. The van der Waals surface area contributed by atoms with Gasteiger partial charge in [-0.1, -0.05) is 18.2 Å². The van der Waals surface area contributed by atoms with Crippen molar-refractivity contribution in [3.05, 3.63) is 42.6 Å². The van der Waals surface area contributed by atoms with E-state index in [-0.39, 0.29) is 0 Å². The molecule has 0 spiro atoms. The first-order valence-corrected chi connectivity index (χ1v) is 4.20. The number of hydrazine groups is 1. The van der Waals surface area contributed by atoms with Crippen LogP contribution in [0.25, 0.3) is 0 Å². The van der Waals surface area contributed by atoms with Crippen LogP contribution in [0.2, 0.25) is 0 Å². The highest BCUT2D eigenvalue weighted by molar-refractivity contribution is 5.71. The molecule has 1 aliphatic rings. The van der Waals surface area contributed by atoms with E-state index in [1.54, 1.807) is 6.21 Å². The number of hydrogen-bond donors (Lipinski definition) is 1. The lowest BCUT2D eigenvalue weighted by Gasteiger charge is -2.21. The highest BCUT2D eigenvalue weighted by Gasteiger charge is 1.98. The van der Waals surface area contributed by atoms with Crippen molar-refractivity contribution >= 4 is 11.9 Å². The summed E-state index contributed by atoms with van der Waals surface area (Å²) in [7, 11) is 0. The average Bonchev–Trinajstić information content (AvgIpc) is 2.21. The zero-order valence-corrected chi connectivity index (χ0v) is 7.22. The van der Waals surface area contributed by atoms with Gasteiger partial charge in [-0.25, -0.2) is 0 Å². The summed E-state index contributed by atoms with van der Waals surface area (Å²) in [6, 6.07) is 10.0. The van der Waals surface area contributed by atoms with Crippen LogP contribution in [-0.4, -0.2) is 17.9 Å². The van der Waals surface area contributed by atoms with E-state index in [4.69, 9.17) is 0 Å². The van der Waals surface area contributed by atoms with Gasteiger partial charge in [-0.2, -0.15) is 0 Å². The van der Waals surface area contributed by atoms with E-state index in [1.807, 2.05) is 47.6 Å². The fourth-order valence-electron chi connectivity index (χ4n) is 1.14. The Bertz CT molecular complexity index is 316. The summed E-state index contributed by atoms with van der Waals surface area (Å²) in [6.07, 6.45) is 5.66. The molecule has 1 heterocycles. The Labute approximate surface area is 77.4 Å². The summed E-state index contributed by atoms with van der Waals surface area (Å²) in [4.78, 5) is 4.11. The molecule has 2 rings (SSSR count). The summed E-state index contributed by atoms with van der Waals surface area (Å²) in [5.41, 5.74) is 4.29. The van der Waals surface area contributed by atoms with Crippen LogP contribution in [0.4, 0.5) is 5.69 Å². The SMILES string of the molecule is C1=CN(Nc2ccccc2)CN=C1. The molecule has 0 aliphatic carbocycles. The van der Waals surface area contributed by atoms with Gasteiger partial charge >= 0.3 is 0 Å². The number of para-hydroxylation sites is 1. The van der Waals surface area contributed by atoms with Gasteiger partial charge in [0.2, 0.25) is 0 Å². The standard InChI is InChI=1S/C10H11N3/c1-2-5-10(6-3-1)12-13-8-4-7-11-9-13/h1-8,12H,9H2. The largest absolute Gasteiger partial charge is 0.297 e. The normalized spacial score (nSPS) is 14.6. The van der Waals surface area contributed by atoms with E-state index in [2.05, 4.69) is 10.4 Å². The molecule has 0 unspecified atom stereocenters. The number of anilines is 1. The Morgan fingerprint density at radius 1 is 1.23 bits per heavy atom. The lowest BCUT2D eigenvalue weighted by atomic mass is 10.3. The minimum Gasteiger partial charge on any atom is -0.297 e. The van der Waals surface area contributed by atoms with Crippen LogP contribution in [0.5, 0.6) is 0 Å². The Balaban J connectivity index is 1.99. The van der Waals surface area contributed by atoms with Crippen LogP contribution in [0.15, 0.2) is 47.6 Å². The molecular formula is C10H11N3. The molecule has 0 saturated heterocycles. The van der Waals surface area contributed by atoms with E-state index < -0.39 is 0 Å². The first kappa shape index (κ1) is 7.86. The fourth-order valence-corrected chi connectivity index (χ4v) is 1.14. The summed E-state index contributed by atoms with van der Waals surface area (Å²) in [5.74, 6) is 0. The Morgan fingerprint density at radius 3 is 2.77 bits per heavy atom. The second-order valence-electron chi connectivity index (χ2n) is 2.76. The molecule has 0 fully saturated rings. The Morgan fingerprint density at radius 2 is 2.08 bits per heavy atom. The van der Waals surface area contributed by atoms with Gasteiger partial charge in [0.15, 0.2) is 0 Å². The molecular weight excluding hydrogens is 162 g/mol. The Kier molecular flexibility index (Phi) is 2.27. The fraction of sp³-hybridized carbons (Fsp3) is 0.100. The van der Waals surface area contributed by atoms with Crippen LogP contribution in [-0.2, 0) is 0 Å². The summed E-state index contributed by atoms with van der Waals surface area (Å²) in [6.45, 7) is 0.658. The van der Waals surface area contributed by atoms with Gasteiger partial charge in [0.1, 0.15) is 6.67 Å². The van der Waals surface area contributed by atoms with Gasteiger partial charge in [0.25, 0.3) is 0 Å². The van der Waals surface area contributed by atoms with Crippen molar-refractivity contribution in [1.29, 1.82) is 0 Å². The Hall–Kier alpha value is -1.77. The van der Waals surface area contributed by atoms with E-state index in [0.29, 0.717) is 6.67 Å². The number of allylic oxidation sites excluding steroid dienone is 1. The van der Waals surface area contributed by atoms with Crippen molar-refractivity contribution in [3.8, 4) is 0 Å². The molecule has 3 nitrogen and oxygen atoms in total. The van der Waals surface area contributed by atoms with Gasteiger partial charge in [0.05, 0.1) is 5.69 Å². The third-order valence-corrected chi connectivity index (χ3v) is 1.74. The molecule has 1 N–H and O–H groups in total. The van der Waals surface area contributed by atoms with Crippen LogP contribution < -0.4 is 5.43 Å². The maximum Gasteiger partial charge on any atom is 0.129 e. The van der Waals surface area contributed by atoms with Crippen molar-refractivity contribution < 1.29 is 0 Å². The minimum absolute atomic E-state index is 0.658. The second-order valence-corrected chi connectivity index (χ2v) is 2.76. The first-order chi connectivity index (χ1) is 6.45. The van der Waals surface area contributed by atoms with Crippen molar-refractivity contribution in [2.75, 3.05) is 12.1 Å². The third kappa shape index (κ3) is 2.08. The van der Waals surface area contributed by atoms with E-state index in [9.17, 15) is 0 Å². The average molecular weight is 173 g/mol. The number of benzene rings is 1. The summed E-state index contributed by atoms with van der Waals surface area (Å²) >= 11 is 0. The van der Waals surface area contributed by atoms with Crippen molar-refractivity contribution in [2.45, 2.75) is 0 Å². The van der Waals surface area contributed by atoms with Crippen LogP contribution in [0, 0.1) is 0 Å². The maximum absolute atomic E-state index is 4.11. The zero-order valence-electron chi connectivity index (χ0n) is 7.22. The topological polar surface area (TPSA) is 27.6 Å². The molecule has 0 atom stereocenters. The molecule has 0 radical (unpaired) electrons. The first-order valence-electron chi connectivity index (χ1n) is 4.20. The predicted octanol–water partition coefficient (Wildman–Crippen LogP) is 1.87. The zero-order chi connectivity index (χ0) is 8.93. The third-order valence-electron chi connectivity index (χ3n) is 1.74. The van der Waals surface area contributed by atoms with E-state index >= 15 is 0 Å². The van der Waals surface area contributed by atoms with Gasteiger partial charge in [0, 0.05) is 12.4 Å². The van der Waals surface area contributed by atoms with Crippen molar-refractivity contribution in [1.82, 2.24) is 5.01 Å². The highest BCUT2D eigenvalue weighted by atomic mass is 15.5. The smallest absolute Gasteiger partial charge is 0.129 e. The van der Waals surface area contributed by atoms with Crippen LogP contribution in [0.3, 0.4) is 0 Å². The number of hydrogen-bond acceptors (Lipinski definition) is 3. The van der Waals surface area contributed by atoms with E-state index in [1.165, 1.54) is 0 Å². The molecule has 0 saturated carbocycles. The monoisotopic (exact) mass is 173 g/mol. The summed E-state index contributed by atoms with van der Waals surface area (Å²) < 4.78 is 0. The second kappa shape index (κ2) is 3.76. The molecule has 1 aliphatic heterocycles. The molecule has 1 aromatic carbocycles. The minimum atomic E-state index is 0.658. The van der Waals surface area contributed by atoms with Crippen LogP contribution in [0.1, 0.15) is 0 Å². The highest BCUT2D eigenvalue weighted by Crippen LogP contribution is 2.07. The molecule has 0 amide bonds. The van der Waals surface area contributed by atoms with Gasteiger partial charge < -0.3 is 0 Å². The predicted molar refractivity (Wildman–Crippen MR) is 54.4 cm³/mol. The maximum atomic E-state index is 4.11. The van der Waals surface area contributed by atoms with Gasteiger partial charge in [-0.3, -0.25) is 15.4 Å². The van der Waals surface area contributed by atoms with Gasteiger partial charge in [-0.15, -0.1) is 0 Å². The van der Waals surface area contributed by atoms with Crippen molar-refractivity contribution in [2.24, 2.45) is 4.99 Å². The molecule has 0 bridgehead atoms. The lowest BCUT2D eigenvalue weighted by molar-refractivity contribution is 0.462. The summed E-state index contributed by atoms with van der Waals surface area (Å²) in [5, 5.41) is 1.93. The number of nitrogens with zero attached hydrogens (tertiary/aromatic N) is 2. The molecule has 3 heteroatoms. The number of nitrogens with one attached hydrogen (secondary N) is 1.